The van der Waals surface area contributed by atoms with E-state index in [0.29, 0.717) is 18.3 Å². The highest BCUT2D eigenvalue weighted by molar-refractivity contribution is 6.32. The zero-order valence-corrected chi connectivity index (χ0v) is 16.1. The van der Waals surface area contributed by atoms with Gasteiger partial charge in [-0.05, 0) is 69.6 Å². The normalized spacial score (nSPS) is 36.3. The van der Waals surface area contributed by atoms with Crippen molar-refractivity contribution in [3.05, 3.63) is 0 Å². The molecule has 5 saturated carbocycles. The molecule has 4 bridgehead atoms. The number of Topliss-reactive ketones (excluding diaryl/α,β-unsaturated/α-hetero) is 1. The summed E-state index contributed by atoms with van der Waals surface area (Å²) in [5.41, 5.74) is -1.22. The molecule has 154 valence electrons. The number of hydrogen-bond acceptors (Lipinski definition) is 6. The summed E-state index contributed by atoms with van der Waals surface area (Å²) in [7, 11) is 0. The Morgan fingerprint density at radius 1 is 0.929 bits per heavy atom. The second-order valence-corrected chi connectivity index (χ2v) is 9.44. The first-order valence-corrected chi connectivity index (χ1v) is 10.5. The molecular formula is C21H28O7. The summed E-state index contributed by atoms with van der Waals surface area (Å²) >= 11 is 0. The Kier molecular flexibility index (Phi) is 4.96. The summed E-state index contributed by atoms with van der Waals surface area (Å²) in [4.78, 5) is 47.3. The molecule has 0 aromatic rings. The van der Waals surface area contributed by atoms with Gasteiger partial charge in [-0.2, -0.15) is 0 Å². The third-order valence-electron chi connectivity index (χ3n) is 7.14. The quantitative estimate of drug-likeness (QED) is 0.524. The number of carboxylic acids is 1. The molecule has 0 aliphatic heterocycles. The molecule has 0 heterocycles. The van der Waals surface area contributed by atoms with Crippen molar-refractivity contribution in [3.8, 4) is 0 Å². The Bertz CT molecular complexity index is 677. The number of esters is 2. The van der Waals surface area contributed by atoms with Crippen LogP contribution in [0.15, 0.2) is 0 Å². The third kappa shape index (κ3) is 3.67. The maximum absolute atomic E-state index is 13.1. The number of aliphatic carboxylic acids is 1. The molecule has 0 aromatic heterocycles. The van der Waals surface area contributed by atoms with Crippen molar-refractivity contribution < 1.29 is 33.8 Å². The number of rotatable bonds is 7. The standard InChI is InChI=1S/C21H28O7/c22-16(18(24)25)5-6-17(23)28-21-10-13-7-14(11-21)9-20(8-13,12-21)19(26)27-15-3-1-2-4-15/h13-15H,1-12H2,(H,24,25). The summed E-state index contributed by atoms with van der Waals surface area (Å²) in [5.74, 6) is -2.47. The minimum Gasteiger partial charge on any atom is -0.476 e. The Morgan fingerprint density at radius 2 is 1.57 bits per heavy atom. The molecule has 7 nitrogen and oxygen atoms in total. The van der Waals surface area contributed by atoms with Crippen LogP contribution in [0.25, 0.3) is 0 Å². The molecule has 2 unspecified atom stereocenters. The molecule has 0 radical (unpaired) electrons. The minimum atomic E-state index is -1.53. The van der Waals surface area contributed by atoms with Crippen LogP contribution in [-0.4, -0.2) is 40.5 Å². The third-order valence-corrected chi connectivity index (χ3v) is 7.14. The van der Waals surface area contributed by atoms with E-state index >= 15 is 0 Å². The lowest BCUT2D eigenvalue weighted by molar-refractivity contribution is -0.214. The monoisotopic (exact) mass is 392 g/mol. The fourth-order valence-corrected chi connectivity index (χ4v) is 6.43. The van der Waals surface area contributed by atoms with Gasteiger partial charge in [-0.3, -0.25) is 14.4 Å². The van der Waals surface area contributed by atoms with Crippen LogP contribution in [0.2, 0.25) is 0 Å². The fraction of sp³-hybridized carbons (Fsp3) is 0.810. The molecule has 1 N–H and O–H groups in total. The van der Waals surface area contributed by atoms with Crippen LogP contribution in [0, 0.1) is 17.3 Å². The maximum Gasteiger partial charge on any atom is 0.372 e. The van der Waals surface area contributed by atoms with Crippen molar-refractivity contribution in [1.29, 1.82) is 0 Å². The first-order valence-electron chi connectivity index (χ1n) is 10.5. The van der Waals surface area contributed by atoms with E-state index in [0.717, 1.165) is 57.8 Å². The van der Waals surface area contributed by atoms with Crippen LogP contribution in [0.3, 0.4) is 0 Å². The van der Waals surface area contributed by atoms with Crippen molar-refractivity contribution in [2.45, 2.75) is 88.8 Å². The van der Waals surface area contributed by atoms with Gasteiger partial charge < -0.3 is 14.6 Å². The van der Waals surface area contributed by atoms with E-state index in [9.17, 15) is 19.2 Å². The first-order chi connectivity index (χ1) is 13.3. The molecule has 5 aliphatic rings. The Balaban J connectivity index is 1.43. The molecule has 28 heavy (non-hydrogen) atoms. The molecule has 0 spiro atoms. The fourth-order valence-electron chi connectivity index (χ4n) is 6.43. The van der Waals surface area contributed by atoms with Gasteiger partial charge >= 0.3 is 17.9 Å². The van der Waals surface area contributed by atoms with Crippen molar-refractivity contribution in [3.63, 3.8) is 0 Å². The maximum atomic E-state index is 13.1. The molecule has 5 rings (SSSR count). The molecule has 0 aromatic carbocycles. The summed E-state index contributed by atoms with van der Waals surface area (Å²) < 4.78 is 11.7. The highest BCUT2D eigenvalue weighted by Crippen LogP contribution is 2.63. The second kappa shape index (κ2) is 7.16. The summed E-state index contributed by atoms with van der Waals surface area (Å²) in [6.07, 6.45) is 8.21. The highest BCUT2D eigenvalue weighted by Gasteiger charge is 2.63. The van der Waals surface area contributed by atoms with Gasteiger partial charge in [0.25, 0.3) is 0 Å². The zero-order valence-electron chi connectivity index (χ0n) is 16.1. The van der Waals surface area contributed by atoms with Crippen LogP contribution < -0.4 is 0 Å². The van der Waals surface area contributed by atoms with Crippen LogP contribution in [-0.2, 0) is 28.7 Å². The van der Waals surface area contributed by atoms with Crippen molar-refractivity contribution in [1.82, 2.24) is 0 Å². The zero-order chi connectivity index (χ0) is 19.9. The van der Waals surface area contributed by atoms with Crippen LogP contribution >= 0.6 is 0 Å². The summed E-state index contributed by atoms with van der Waals surface area (Å²) in [6.45, 7) is 0. The number of carbonyl (C=O) groups is 4. The van der Waals surface area contributed by atoms with Crippen LogP contribution in [0.1, 0.15) is 77.0 Å². The van der Waals surface area contributed by atoms with Gasteiger partial charge in [0.15, 0.2) is 0 Å². The summed E-state index contributed by atoms with van der Waals surface area (Å²) in [5, 5.41) is 8.66. The molecule has 5 aliphatic carbocycles. The Labute approximate surface area is 164 Å². The summed E-state index contributed by atoms with van der Waals surface area (Å²) in [6, 6.07) is 0. The lowest BCUT2D eigenvalue weighted by Gasteiger charge is -2.59. The van der Waals surface area contributed by atoms with Crippen molar-refractivity contribution in [2.24, 2.45) is 17.3 Å². The minimum absolute atomic E-state index is 0.0287. The van der Waals surface area contributed by atoms with Gasteiger partial charge in [0.2, 0.25) is 5.78 Å². The van der Waals surface area contributed by atoms with Crippen LogP contribution in [0.5, 0.6) is 0 Å². The van der Waals surface area contributed by atoms with Gasteiger partial charge in [0.1, 0.15) is 11.7 Å². The van der Waals surface area contributed by atoms with Crippen molar-refractivity contribution >= 4 is 23.7 Å². The number of hydrogen-bond donors (Lipinski definition) is 1. The van der Waals surface area contributed by atoms with Gasteiger partial charge in [-0.15, -0.1) is 0 Å². The smallest absolute Gasteiger partial charge is 0.372 e. The van der Waals surface area contributed by atoms with Crippen LogP contribution in [0.4, 0.5) is 0 Å². The van der Waals surface area contributed by atoms with Gasteiger partial charge in [-0.25, -0.2) is 4.79 Å². The largest absolute Gasteiger partial charge is 0.476 e. The van der Waals surface area contributed by atoms with E-state index < -0.39 is 28.7 Å². The number of carbonyl (C=O) groups excluding carboxylic acids is 3. The first kappa shape index (κ1) is 19.4. The highest BCUT2D eigenvalue weighted by atomic mass is 16.6. The lowest BCUT2D eigenvalue weighted by Crippen LogP contribution is -2.60. The number of ether oxygens (including phenoxy) is 2. The van der Waals surface area contributed by atoms with E-state index in [4.69, 9.17) is 14.6 Å². The van der Waals surface area contributed by atoms with Gasteiger partial charge in [0, 0.05) is 12.8 Å². The molecule has 7 heteroatoms. The van der Waals surface area contributed by atoms with E-state index in [1.165, 1.54) is 0 Å². The molecule has 0 saturated heterocycles. The Hall–Kier alpha value is -1.92. The van der Waals surface area contributed by atoms with E-state index in [1.54, 1.807) is 0 Å². The predicted molar refractivity (Wildman–Crippen MR) is 96.2 cm³/mol. The average Bonchev–Trinajstić information content (AvgIpc) is 3.11. The predicted octanol–water partition coefficient (Wildman–Crippen LogP) is 2.79. The van der Waals surface area contributed by atoms with E-state index in [1.807, 2.05) is 0 Å². The molecule has 5 fully saturated rings. The second-order valence-electron chi connectivity index (χ2n) is 9.44. The lowest BCUT2D eigenvalue weighted by atomic mass is 9.48. The molecule has 0 amide bonds. The number of carboxylic acid groups (broad SMARTS) is 1. The average molecular weight is 392 g/mol. The molecular weight excluding hydrogens is 364 g/mol. The van der Waals surface area contributed by atoms with Gasteiger partial charge in [0.05, 0.1) is 11.8 Å². The topological polar surface area (TPSA) is 107 Å². The van der Waals surface area contributed by atoms with E-state index in [2.05, 4.69) is 0 Å². The molecule has 2 atom stereocenters. The number of ketones is 1. The van der Waals surface area contributed by atoms with E-state index in [-0.39, 0.29) is 24.9 Å². The Morgan fingerprint density at radius 3 is 2.18 bits per heavy atom. The van der Waals surface area contributed by atoms with Crippen molar-refractivity contribution in [2.75, 3.05) is 0 Å². The SMILES string of the molecule is O=C(CCC(=O)C(=O)O)OC12CC3CC(C1)CC(C(=O)OC1CCCC1)(C3)C2. The van der Waals surface area contributed by atoms with Gasteiger partial charge in [-0.1, -0.05) is 0 Å².